The van der Waals surface area contributed by atoms with E-state index in [9.17, 15) is 14.4 Å². The average molecular weight is 298 g/mol. The number of carbonyl (C=O) groups is 3. The highest BCUT2D eigenvalue weighted by Gasteiger charge is 2.18. The predicted octanol–water partition coefficient (Wildman–Crippen LogP) is 0.867. The molecule has 0 bridgehead atoms. The monoisotopic (exact) mass is 298 g/mol. The Balaban J connectivity index is 1.96. The van der Waals surface area contributed by atoms with E-state index in [4.69, 9.17) is 5.73 Å². The zero-order valence-electron chi connectivity index (χ0n) is 11.8. The molecular weight excluding hydrogens is 284 g/mol. The molecule has 1 aromatic heterocycles. The summed E-state index contributed by atoms with van der Waals surface area (Å²) in [6, 6.07) is 9.25. The lowest BCUT2D eigenvalue weighted by Crippen LogP contribution is -2.39. The van der Waals surface area contributed by atoms with Crippen LogP contribution in [0.15, 0.2) is 42.6 Å². The highest BCUT2D eigenvalue weighted by atomic mass is 16.2. The van der Waals surface area contributed by atoms with Gasteiger partial charge in [-0.3, -0.25) is 19.7 Å². The number of hydrogen-bond donors (Lipinski definition) is 3. The molecule has 0 aliphatic rings. The molecule has 0 aliphatic heterocycles. The third kappa shape index (κ3) is 3.89. The minimum atomic E-state index is -1.07. The lowest BCUT2D eigenvalue weighted by molar-refractivity contribution is -0.135. The van der Waals surface area contributed by atoms with Gasteiger partial charge < -0.3 is 11.1 Å². The highest BCUT2D eigenvalue weighted by Crippen LogP contribution is 2.06. The Morgan fingerprint density at radius 1 is 1.00 bits per heavy atom. The van der Waals surface area contributed by atoms with Crippen LogP contribution in [0.2, 0.25) is 0 Å². The third-order valence-corrected chi connectivity index (χ3v) is 2.76. The summed E-state index contributed by atoms with van der Waals surface area (Å²) in [6.07, 6.45) is 1.55. The van der Waals surface area contributed by atoms with Crippen LogP contribution in [-0.4, -0.2) is 22.7 Å². The van der Waals surface area contributed by atoms with Crippen LogP contribution in [0.4, 0.5) is 11.5 Å². The van der Waals surface area contributed by atoms with Crippen LogP contribution in [0.5, 0.6) is 0 Å². The molecule has 0 aliphatic carbocycles. The maximum atomic E-state index is 11.8. The van der Waals surface area contributed by atoms with E-state index in [0.29, 0.717) is 5.69 Å². The number of carbonyl (C=O) groups excluding carboxylic acids is 3. The van der Waals surface area contributed by atoms with Crippen molar-refractivity contribution in [1.82, 2.24) is 10.3 Å². The zero-order valence-corrected chi connectivity index (χ0v) is 11.8. The number of hydrogen-bond acceptors (Lipinski definition) is 5. The number of pyridine rings is 1. The van der Waals surface area contributed by atoms with Gasteiger partial charge in [0, 0.05) is 17.4 Å². The lowest BCUT2D eigenvalue weighted by Gasteiger charge is -2.05. The van der Waals surface area contributed by atoms with E-state index in [1.807, 2.05) is 12.2 Å². The van der Waals surface area contributed by atoms with Crippen LogP contribution in [-0.2, 0) is 9.59 Å². The molecule has 0 unspecified atom stereocenters. The van der Waals surface area contributed by atoms with Crippen molar-refractivity contribution in [3.63, 3.8) is 0 Å². The quantitative estimate of drug-likeness (QED) is 0.562. The van der Waals surface area contributed by atoms with E-state index in [1.54, 1.807) is 18.3 Å². The average Bonchev–Trinajstić information content (AvgIpc) is 2.50. The largest absolute Gasteiger partial charge is 0.399 e. The van der Waals surface area contributed by atoms with E-state index >= 15 is 0 Å². The van der Waals surface area contributed by atoms with Gasteiger partial charge in [-0.15, -0.1) is 0 Å². The Morgan fingerprint density at radius 3 is 2.27 bits per heavy atom. The molecule has 1 aromatic carbocycles. The van der Waals surface area contributed by atoms with Crippen molar-refractivity contribution in [2.45, 2.75) is 6.92 Å². The first kappa shape index (κ1) is 15.2. The minimum Gasteiger partial charge on any atom is -0.399 e. The summed E-state index contributed by atoms with van der Waals surface area (Å²) in [4.78, 5) is 39.1. The summed E-state index contributed by atoms with van der Waals surface area (Å²) in [5.41, 5.74) is 7.14. The number of nitrogens with zero attached hydrogens (tertiary/aromatic N) is 1. The second-order valence-electron chi connectivity index (χ2n) is 4.58. The number of aryl methyl sites for hydroxylation is 1. The summed E-state index contributed by atoms with van der Waals surface area (Å²) in [7, 11) is 0. The van der Waals surface area contributed by atoms with Gasteiger partial charge in [0.05, 0.1) is 0 Å². The highest BCUT2D eigenvalue weighted by molar-refractivity contribution is 6.42. The number of rotatable bonds is 2. The van der Waals surface area contributed by atoms with Gasteiger partial charge in [-0.25, -0.2) is 4.98 Å². The summed E-state index contributed by atoms with van der Waals surface area (Å²) in [6.45, 7) is 1.84. The van der Waals surface area contributed by atoms with Gasteiger partial charge in [0.15, 0.2) is 0 Å². The van der Waals surface area contributed by atoms with Crippen LogP contribution < -0.4 is 16.4 Å². The maximum Gasteiger partial charge on any atom is 0.316 e. The molecule has 112 valence electrons. The first-order chi connectivity index (χ1) is 10.5. The van der Waals surface area contributed by atoms with Gasteiger partial charge >= 0.3 is 11.8 Å². The SMILES string of the molecule is Cc1ccc(NC(=O)C(=O)NC(=O)c2ccc(N)cc2)nc1. The molecule has 2 aromatic rings. The molecule has 1 heterocycles. The molecule has 0 radical (unpaired) electrons. The van der Waals surface area contributed by atoms with Gasteiger partial charge in [-0.2, -0.15) is 0 Å². The van der Waals surface area contributed by atoms with E-state index < -0.39 is 17.7 Å². The smallest absolute Gasteiger partial charge is 0.316 e. The fourth-order valence-electron chi connectivity index (χ4n) is 1.58. The first-order valence-corrected chi connectivity index (χ1v) is 6.40. The molecule has 7 nitrogen and oxygen atoms in total. The first-order valence-electron chi connectivity index (χ1n) is 6.40. The van der Waals surface area contributed by atoms with Crippen molar-refractivity contribution in [3.05, 3.63) is 53.7 Å². The maximum absolute atomic E-state index is 11.8. The normalized spacial score (nSPS) is 9.86. The van der Waals surface area contributed by atoms with Gasteiger partial charge in [0.2, 0.25) is 0 Å². The molecular formula is C15H14N4O3. The Morgan fingerprint density at radius 2 is 1.68 bits per heavy atom. The van der Waals surface area contributed by atoms with Crippen molar-refractivity contribution >= 4 is 29.2 Å². The Kier molecular flexibility index (Phi) is 4.47. The number of benzene rings is 1. The van der Waals surface area contributed by atoms with E-state index in [-0.39, 0.29) is 11.4 Å². The fourth-order valence-corrected chi connectivity index (χ4v) is 1.58. The third-order valence-electron chi connectivity index (χ3n) is 2.76. The molecule has 2 rings (SSSR count). The van der Waals surface area contributed by atoms with Crippen LogP contribution in [0.3, 0.4) is 0 Å². The Labute approximate surface area is 126 Å². The second kappa shape index (κ2) is 6.49. The van der Waals surface area contributed by atoms with Gasteiger partial charge in [-0.05, 0) is 42.8 Å². The molecule has 3 amide bonds. The number of anilines is 2. The Hall–Kier alpha value is -3.22. The van der Waals surface area contributed by atoms with Gasteiger partial charge in [0.25, 0.3) is 5.91 Å². The van der Waals surface area contributed by atoms with Gasteiger partial charge in [-0.1, -0.05) is 6.07 Å². The molecule has 7 heteroatoms. The van der Waals surface area contributed by atoms with Crippen molar-refractivity contribution in [2.24, 2.45) is 0 Å². The van der Waals surface area contributed by atoms with Crippen LogP contribution in [0, 0.1) is 6.92 Å². The molecule has 22 heavy (non-hydrogen) atoms. The topological polar surface area (TPSA) is 114 Å². The molecule has 0 spiro atoms. The van der Waals surface area contributed by atoms with Crippen molar-refractivity contribution in [2.75, 3.05) is 11.1 Å². The summed E-state index contributed by atoms with van der Waals surface area (Å²) in [5, 5.41) is 4.29. The van der Waals surface area contributed by atoms with E-state index in [1.165, 1.54) is 24.3 Å². The van der Waals surface area contributed by atoms with Crippen molar-refractivity contribution in [3.8, 4) is 0 Å². The Bertz CT molecular complexity index is 709. The number of amides is 3. The van der Waals surface area contributed by atoms with Crippen LogP contribution in [0.1, 0.15) is 15.9 Å². The molecule has 0 fully saturated rings. The minimum absolute atomic E-state index is 0.226. The second-order valence-corrected chi connectivity index (χ2v) is 4.58. The molecule has 4 N–H and O–H groups in total. The number of nitrogens with one attached hydrogen (secondary N) is 2. The van der Waals surface area contributed by atoms with Crippen LogP contribution in [0.25, 0.3) is 0 Å². The number of nitrogen functional groups attached to an aromatic ring is 1. The zero-order chi connectivity index (χ0) is 16.1. The van der Waals surface area contributed by atoms with E-state index in [0.717, 1.165) is 5.56 Å². The van der Waals surface area contributed by atoms with Gasteiger partial charge in [0.1, 0.15) is 5.82 Å². The standard InChI is InChI=1S/C15H14N4O3/c1-9-2-7-12(17-8-9)18-14(21)15(22)19-13(20)10-3-5-11(16)6-4-10/h2-8H,16H2,1H3,(H,17,18,21)(H,19,20,22). The van der Waals surface area contributed by atoms with Crippen molar-refractivity contribution < 1.29 is 14.4 Å². The predicted molar refractivity (Wildman–Crippen MR) is 80.9 cm³/mol. The number of imide groups is 1. The van der Waals surface area contributed by atoms with E-state index in [2.05, 4.69) is 10.3 Å². The number of aromatic nitrogens is 1. The summed E-state index contributed by atoms with van der Waals surface area (Å²) < 4.78 is 0. The van der Waals surface area contributed by atoms with Crippen molar-refractivity contribution in [1.29, 1.82) is 0 Å². The lowest BCUT2D eigenvalue weighted by atomic mass is 10.2. The number of nitrogens with two attached hydrogens (primary N) is 1. The molecule has 0 saturated carbocycles. The fraction of sp³-hybridized carbons (Fsp3) is 0.0667. The summed E-state index contributed by atoms with van der Waals surface area (Å²) in [5.74, 6) is -2.49. The summed E-state index contributed by atoms with van der Waals surface area (Å²) >= 11 is 0. The molecule has 0 atom stereocenters. The molecule has 0 saturated heterocycles. The van der Waals surface area contributed by atoms with Crippen LogP contribution >= 0.6 is 0 Å².